The fourth-order valence-electron chi connectivity index (χ4n) is 2.51. The summed E-state index contributed by atoms with van der Waals surface area (Å²) in [6, 6.07) is 0.306. The fourth-order valence-corrected chi connectivity index (χ4v) is 2.95. The largest absolute Gasteiger partial charge is 0.383 e. The van der Waals surface area contributed by atoms with Crippen molar-refractivity contribution in [3.8, 4) is 0 Å². The molecule has 1 fully saturated rings. The third-order valence-corrected chi connectivity index (χ3v) is 4.36. The van der Waals surface area contributed by atoms with Crippen molar-refractivity contribution in [2.75, 3.05) is 13.7 Å². The summed E-state index contributed by atoms with van der Waals surface area (Å²) in [6.07, 6.45) is 3.38. The lowest BCUT2D eigenvalue weighted by Gasteiger charge is -2.13. The summed E-state index contributed by atoms with van der Waals surface area (Å²) in [5, 5.41) is 11.3. The first kappa shape index (κ1) is 21.8. The zero-order valence-corrected chi connectivity index (χ0v) is 18.1. The average Bonchev–Trinajstić information content (AvgIpc) is 3.15. The first-order valence-corrected chi connectivity index (χ1v) is 8.53. The lowest BCUT2D eigenvalue weighted by Crippen LogP contribution is -2.32. The summed E-state index contributed by atoms with van der Waals surface area (Å²) >= 11 is 11.9. The van der Waals surface area contributed by atoms with Gasteiger partial charge in [-0.2, -0.15) is 0 Å². The maximum atomic E-state index is 12.6. The van der Waals surface area contributed by atoms with Crippen molar-refractivity contribution >= 4 is 59.1 Å². The van der Waals surface area contributed by atoms with Gasteiger partial charge in [-0.25, -0.2) is 9.48 Å². The van der Waals surface area contributed by atoms with E-state index in [1.807, 2.05) is 0 Å². The molecule has 27 heavy (non-hydrogen) atoms. The number of carbonyl (C=O) groups is 2. The normalized spacial score (nSPS) is 16.4. The Kier molecular flexibility index (Phi) is 7.77. The third-order valence-electron chi connectivity index (χ3n) is 3.82. The molecule has 1 saturated heterocycles. The number of methoxy groups -OCH3 is 1. The minimum absolute atomic E-state index is 0. The standard InChI is InChI=1S/C15H16Cl2N6O3.HI/c1-26-3-2-22-7-10(20-21-22)5-12-14(24)23(15(25)19-12)8-13-11(17)4-9(16)6-18-13;/h4,6-7,12H,2-3,5,8H2,1H3,(H,19,25);1H. The van der Waals surface area contributed by atoms with Gasteiger partial charge in [0.05, 0.1) is 41.1 Å². The number of urea groups is 1. The highest BCUT2D eigenvalue weighted by molar-refractivity contribution is 14.0. The van der Waals surface area contributed by atoms with Crippen molar-refractivity contribution in [1.29, 1.82) is 0 Å². The molecule has 9 nitrogen and oxygen atoms in total. The lowest BCUT2D eigenvalue weighted by molar-refractivity contribution is -0.127. The number of carbonyl (C=O) groups excluding carboxylic acids is 2. The molecular weight excluding hydrogens is 510 g/mol. The second-order valence-corrected chi connectivity index (χ2v) is 6.52. The molecule has 146 valence electrons. The van der Waals surface area contributed by atoms with Crippen molar-refractivity contribution in [3.05, 3.63) is 39.9 Å². The van der Waals surface area contributed by atoms with Crippen LogP contribution in [0.25, 0.3) is 0 Å². The van der Waals surface area contributed by atoms with E-state index in [9.17, 15) is 9.59 Å². The van der Waals surface area contributed by atoms with Gasteiger partial charge in [0.15, 0.2) is 0 Å². The highest BCUT2D eigenvalue weighted by Gasteiger charge is 2.38. The Morgan fingerprint density at radius 2 is 2.11 bits per heavy atom. The second-order valence-electron chi connectivity index (χ2n) is 5.68. The number of amides is 3. The van der Waals surface area contributed by atoms with Gasteiger partial charge in [-0.15, -0.1) is 29.1 Å². The maximum Gasteiger partial charge on any atom is 0.325 e. The molecule has 1 atom stereocenters. The van der Waals surface area contributed by atoms with Crippen LogP contribution in [0.4, 0.5) is 4.79 Å². The molecule has 1 N–H and O–H groups in total. The third kappa shape index (κ3) is 5.27. The Balaban J connectivity index is 0.00000261. The molecule has 0 saturated carbocycles. The van der Waals surface area contributed by atoms with Crippen LogP contribution in [0.1, 0.15) is 11.4 Å². The van der Waals surface area contributed by atoms with Gasteiger partial charge in [0, 0.05) is 25.9 Å². The van der Waals surface area contributed by atoms with Crippen LogP contribution >= 0.6 is 47.2 Å². The summed E-state index contributed by atoms with van der Waals surface area (Å²) in [5.41, 5.74) is 0.995. The van der Waals surface area contributed by atoms with Crippen LogP contribution in [0.2, 0.25) is 10.0 Å². The Hall–Kier alpha value is -1.50. The van der Waals surface area contributed by atoms with Crippen molar-refractivity contribution in [2.45, 2.75) is 25.6 Å². The van der Waals surface area contributed by atoms with Gasteiger partial charge >= 0.3 is 6.03 Å². The topological polar surface area (TPSA) is 102 Å². The minimum Gasteiger partial charge on any atom is -0.383 e. The van der Waals surface area contributed by atoms with E-state index in [0.717, 1.165) is 4.90 Å². The Morgan fingerprint density at radius 3 is 2.81 bits per heavy atom. The van der Waals surface area contributed by atoms with Crippen molar-refractivity contribution in [2.24, 2.45) is 0 Å². The van der Waals surface area contributed by atoms with E-state index in [1.54, 1.807) is 18.0 Å². The molecule has 0 aromatic carbocycles. The summed E-state index contributed by atoms with van der Waals surface area (Å²) in [6.45, 7) is 1.03. The van der Waals surface area contributed by atoms with Crippen molar-refractivity contribution in [1.82, 2.24) is 30.2 Å². The van der Waals surface area contributed by atoms with Gasteiger partial charge in [-0.3, -0.25) is 14.7 Å². The molecule has 2 aromatic heterocycles. The highest BCUT2D eigenvalue weighted by Crippen LogP contribution is 2.21. The van der Waals surface area contributed by atoms with Crippen LogP contribution in [0, 0.1) is 0 Å². The van der Waals surface area contributed by atoms with E-state index in [1.165, 1.54) is 12.3 Å². The maximum absolute atomic E-state index is 12.6. The Morgan fingerprint density at radius 1 is 1.33 bits per heavy atom. The van der Waals surface area contributed by atoms with Crippen LogP contribution in [0.15, 0.2) is 18.5 Å². The Labute approximate surface area is 182 Å². The van der Waals surface area contributed by atoms with E-state index in [0.29, 0.717) is 34.6 Å². The SMILES string of the molecule is COCCn1cc(CC2NC(=O)N(Cc3ncc(Cl)cc3Cl)C2=O)nn1.I. The average molecular weight is 527 g/mol. The van der Waals surface area contributed by atoms with Crippen LogP contribution in [-0.4, -0.2) is 56.6 Å². The molecule has 1 aliphatic heterocycles. The molecule has 2 aromatic rings. The number of pyridine rings is 1. The van der Waals surface area contributed by atoms with Crippen LogP contribution in [0.3, 0.4) is 0 Å². The number of imide groups is 1. The number of nitrogens with one attached hydrogen (secondary N) is 1. The van der Waals surface area contributed by atoms with E-state index in [-0.39, 0.29) is 42.8 Å². The summed E-state index contributed by atoms with van der Waals surface area (Å²) < 4.78 is 6.60. The quantitative estimate of drug-likeness (QED) is 0.437. The molecule has 1 aliphatic rings. The fraction of sp³-hybridized carbons (Fsp3) is 0.400. The van der Waals surface area contributed by atoms with Gasteiger partial charge in [-0.1, -0.05) is 28.4 Å². The van der Waals surface area contributed by atoms with Crippen LogP contribution in [0.5, 0.6) is 0 Å². The molecule has 3 rings (SSSR count). The lowest BCUT2D eigenvalue weighted by atomic mass is 10.1. The second kappa shape index (κ2) is 9.62. The van der Waals surface area contributed by atoms with E-state index in [2.05, 4.69) is 20.6 Å². The molecular formula is C15H17Cl2IN6O3. The van der Waals surface area contributed by atoms with Gasteiger partial charge in [0.2, 0.25) is 0 Å². The van der Waals surface area contributed by atoms with Crippen molar-refractivity contribution < 1.29 is 14.3 Å². The predicted octanol–water partition coefficient (Wildman–Crippen LogP) is 1.91. The molecule has 3 amide bonds. The summed E-state index contributed by atoms with van der Waals surface area (Å²) in [4.78, 5) is 29.9. The van der Waals surface area contributed by atoms with E-state index >= 15 is 0 Å². The summed E-state index contributed by atoms with van der Waals surface area (Å²) in [5.74, 6) is -0.366. The smallest absolute Gasteiger partial charge is 0.325 e. The van der Waals surface area contributed by atoms with Gasteiger partial charge < -0.3 is 10.1 Å². The first-order chi connectivity index (χ1) is 12.5. The zero-order valence-electron chi connectivity index (χ0n) is 14.3. The number of ether oxygens (including phenoxy) is 1. The van der Waals surface area contributed by atoms with Gasteiger partial charge in [0.25, 0.3) is 5.91 Å². The zero-order chi connectivity index (χ0) is 18.7. The molecule has 0 spiro atoms. The number of nitrogens with zero attached hydrogens (tertiary/aromatic N) is 5. The number of hydrogen-bond donors (Lipinski definition) is 1. The van der Waals surface area contributed by atoms with Crippen LogP contribution < -0.4 is 5.32 Å². The monoisotopic (exact) mass is 526 g/mol. The van der Waals surface area contributed by atoms with E-state index in [4.69, 9.17) is 27.9 Å². The predicted molar refractivity (Wildman–Crippen MR) is 108 cm³/mol. The van der Waals surface area contributed by atoms with Crippen LogP contribution in [-0.2, 0) is 29.0 Å². The number of halogens is 3. The molecule has 3 heterocycles. The summed E-state index contributed by atoms with van der Waals surface area (Å²) in [7, 11) is 1.60. The first-order valence-electron chi connectivity index (χ1n) is 7.77. The highest BCUT2D eigenvalue weighted by atomic mass is 127. The molecule has 0 bridgehead atoms. The molecule has 12 heteroatoms. The van der Waals surface area contributed by atoms with E-state index < -0.39 is 12.1 Å². The minimum atomic E-state index is -0.707. The number of rotatable bonds is 7. The molecule has 0 radical (unpaired) electrons. The van der Waals surface area contributed by atoms with Gasteiger partial charge in [0.1, 0.15) is 6.04 Å². The Bertz CT molecular complexity index is 834. The van der Waals surface area contributed by atoms with Crippen molar-refractivity contribution in [3.63, 3.8) is 0 Å². The number of hydrogen-bond acceptors (Lipinski definition) is 6. The number of aromatic nitrogens is 4. The van der Waals surface area contributed by atoms with Gasteiger partial charge in [-0.05, 0) is 6.07 Å². The molecule has 0 aliphatic carbocycles. The molecule has 1 unspecified atom stereocenters.